The molecule has 0 aliphatic rings. The van der Waals surface area contributed by atoms with Crippen molar-refractivity contribution < 1.29 is 24.3 Å². The van der Waals surface area contributed by atoms with Gasteiger partial charge in [0.2, 0.25) is 0 Å². The Labute approximate surface area is 115 Å². The molecule has 0 aromatic rings. The molecule has 0 radical (unpaired) electrons. The molecule has 10 nitrogen and oxygen atoms in total. The Morgan fingerprint density at radius 2 is 1.35 bits per heavy atom. The zero-order chi connectivity index (χ0) is 15.9. The molecule has 0 aromatic heterocycles. The third-order valence-electron chi connectivity index (χ3n) is 2.18. The van der Waals surface area contributed by atoms with Gasteiger partial charge in [-0.3, -0.25) is 25.2 Å². The molecule has 0 fully saturated rings. The van der Waals surface area contributed by atoms with Crippen LogP contribution in [0.5, 0.6) is 0 Å². The van der Waals surface area contributed by atoms with E-state index in [9.17, 15) is 19.2 Å². The Kier molecular flexibility index (Phi) is 7.00. The summed E-state index contributed by atoms with van der Waals surface area (Å²) in [6.45, 7) is 4.07. The van der Waals surface area contributed by atoms with Gasteiger partial charge >= 0.3 is 12.0 Å². The molecule has 3 atom stereocenters. The predicted octanol–water partition coefficient (Wildman–Crippen LogP) is -2.36. The van der Waals surface area contributed by atoms with Crippen molar-refractivity contribution in [1.29, 1.82) is 0 Å². The van der Waals surface area contributed by atoms with E-state index in [1.807, 2.05) is 0 Å². The molecule has 0 heterocycles. The fourth-order valence-electron chi connectivity index (χ4n) is 0.908. The van der Waals surface area contributed by atoms with Gasteiger partial charge < -0.3 is 21.5 Å². The molecular formula is C10H19N5O5. The van der Waals surface area contributed by atoms with E-state index < -0.39 is 41.9 Å². The lowest BCUT2D eigenvalue weighted by Gasteiger charge is -2.16. The number of carboxylic acids is 1. The average Bonchev–Trinajstić information content (AvgIpc) is 2.34. The highest BCUT2D eigenvalue weighted by atomic mass is 16.4. The molecule has 7 N–H and O–H groups in total. The second kappa shape index (κ2) is 7.94. The molecule has 4 amide bonds. The van der Waals surface area contributed by atoms with Crippen molar-refractivity contribution in [1.82, 2.24) is 21.5 Å². The van der Waals surface area contributed by atoms with Crippen molar-refractivity contribution in [2.24, 2.45) is 5.73 Å². The highest BCUT2D eigenvalue weighted by Gasteiger charge is 2.19. The lowest BCUT2D eigenvalue weighted by Crippen LogP contribution is -2.56. The van der Waals surface area contributed by atoms with Crippen LogP contribution in [0.1, 0.15) is 20.8 Å². The first-order valence-corrected chi connectivity index (χ1v) is 5.80. The van der Waals surface area contributed by atoms with Gasteiger partial charge in [0.15, 0.2) is 0 Å². The van der Waals surface area contributed by atoms with E-state index in [4.69, 9.17) is 10.8 Å². The summed E-state index contributed by atoms with van der Waals surface area (Å²) >= 11 is 0. The molecule has 114 valence electrons. The quantitative estimate of drug-likeness (QED) is 0.310. The molecule has 0 aliphatic heterocycles. The molecule has 0 aliphatic carbocycles. The standard InChI is InChI=1S/C10H19N5O5/c1-4(11)7(16)14-15-8(17)5(2)12-10(20)13-6(3)9(18)19/h4-6H,11H2,1-3H3,(H,14,16)(H,15,17)(H,18,19)(H2,12,13,20)/t4-,5-,6-/m0/s1. The summed E-state index contributed by atoms with van der Waals surface area (Å²) in [5, 5.41) is 12.9. The molecule has 0 bridgehead atoms. The summed E-state index contributed by atoms with van der Waals surface area (Å²) in [6, 6.07) is -3.69. The van der Waals surface area contributed by atoms with Crippen molar-refractivity contribution in [3.8, 4) is 0 Å². The van der Waals surface area contributed by atoms with E-state index >= 15 is 0 Å². The van der Waals surface area contributed by atoms with Crippen molar-refractivity contribution in [3.63, 3.8) is 0 Å². The highest BCUT2D eigenvalue weighted by molar-refractivity contribution is 5.90. The minimum absolute atomic E-state index is 0.588. The lowest BCUT2D eigenvalue weighted by atomic mass is 10.3. The highest BCUT2D eigenvalue weighted by Crippen LogP contribution is 1.85. The van der Waals surface area contributed by atoms with Crippen LogP contribution in [0.15, 0.2) is 0 Å². The van der Waals surface area contributed by atoms with Crippen molar-refractivity contribution in [2.45, 2.75) is 38.9 Å². The Bertz CT molecular complexity index is 397. The minimum Gasteiger partial charge on any atom is -0.480 e. The zero-order valence-electron chi connectivity index (χ0n) is 11.4. The number of nitrogens with two attached hydrogens (primary N) is 1. The van der Waals surface area contributed by atoms with Crippen molar-refractivity contribution in [2.75, 3.05) is 0 Å². The molecule has 0 aromatic carbocycles. The number of rotatable bonds is 5. The third-order valence-corrected chi connectivity index (χ3v) is 2.18. The van der Waals surface area contributed by atoms with Crippen LogP contribution in [-0.2, 0) is 14.4 Å². The molecule has 0 rings (SSSR count). The summed E-state index contributed by atoms with van der Waals surface area (Å²) in [7, 11) is 0. The number of carboxylic acid groups (broad SMARTS) is 1. The van der Waals surface area contributed by atoms with E-state index in [0.29, 0.717) is 0 Å². The van der Waals surface area contributed by atoms with Crippen LogP contribution in [0.25, 0.3) is 0 Å². The first-order chi connectivity index (χ1) is 9.15. The first-order valence-electron chi connectivity index (χ1n) is 5.80. The minimum atomic E-state index is -1.21. The van der Waals surface area contributed by atoms with E-state index in [1.165, 1.54) is 20.8 Å². The van der Waals surface area contributed by atoms with E-state index in [2.05, 4.69) is 21.5 Å². The van der Waals surface area contributed by atoms with Gasteiger partial charge in [-0.1, -0.05) is 0 Å². The molecule has 10 heteroatoms. The molecular weight excluding hydrogens is 270 g/mol. The Morgan fingerprint density at radius 1 is 0.900 bits per heavy atom. The van der Waals surface area contributed by atoms with Crippen LogP contribution in [0.2, 0.25) is 0 Å². The Hall–Kier alpha value is -2.36. The normalized spacial score (nSPS) is 14.4. The largest absolute Gasteiger partial charge is 0.480 e. The summed E-state index contributed by atoms with van der Waals surface area (Å²) < 4.78 is 0. The van der Waals surface area contributed by atoms with Crippen LogP contribution in [0.4, 0.5) is 4.79 Å². The van der Waals surface area contributed by atoms with Crippen LogP contribution < -0.4 is 27.2 Å². The Balaban J connectivity index is 4.16. The van der Waals surface area contributed by atoms with Gasteiger partial charge in [0.25, 0.3) is 11.8 Å². The summed E-state index contributed by atoms with van der Waals surface area (Å²) in [6.07, 6.45) is 0. The molecule has 20 heavy (non-hydrogen) atoms. The number of hydrogen-bond acceptors (Lipinski definition) is 5. The van der Waals surface area contributed by atoms with Crippen LogP contribution in [0.3, 0.4) is 0 Å². The number of hydrogen-bond donors (Lipinski definition) is 6. The van der Waals surface area contributed by atoms with Crippen molar-refractivity contribution in [3.05, 3.63) is 0 Å². The van der Waals surface area contributed by atoms with E-state index in [0.717, 1.165) is 0 Å². The maximum atomic E-state index is 11.5. The topological polar surface area (TPSA) is 163 Å². The second-order valence-electron chi connectivity index (χ2n) is 4.17. The number of carbonyl (C=O) groups excluding carboxylic acids is 3. The Morgan fingerprint density at radius 3 is 1.80 bits per heavy atom. The maximum absolute atomic E-state index is 11.5. The number of aliphatic carboxylic acids is 1. The summed E-state index contributed by atoms with van der Waals surface area (Å²) in [4.78, 5) is 44.5. The first kappa shape index (κ1) is 17.6. The molecule has 0 spiro atoms. The van der Waals surface area contributed by atoms with Gasteiger partial charge in [0.05, 0.1) is 6.04 Å². The lowest BCUT2D eigenvalue weighted by molar-refractivity contribution is -0.138. The van der Waals surface area contributed by atoms with E-state index in [-0.39, 0.29) is 0 Å². The molecule has 0 unspecified atom stereocenters. The van der Waals surface area contributed by atoms with Crippen LogP contribution in [-0.4, -0.2) is 47.0 Å². The zero-order valence-corrected chi connectivity index (χ0v) is 11.4. The average molecular weight is 289 g/mol. The van der Waals surface area contributed by atoms with Gasteiger partial charge in [-0.2, -0.15) is 0 Å². The number of amides is 4. The summed E-state index contributed by atoms with van der Waals surface area (Å²) in [5.74, 6) is -2.48. The second-order valence-corrected chi connectivity index (χ2v) is 4.17. The fraction of sp³-hybridized carbons (Fsp3) is 0.600. The van der Waals surface area contributed by atoms with Crippen molar-refractivity contribution >= 4 is 23.8 Å². The van der Waals surface area contributed by atoms with E-state index in [1.54, 1.807) is 0 Å². The number of urea groups is 1. The number of hydrazine groups is 1. The maximum Gasteiger partial charge on any atom is 0.325 e. The number of nitrogens with one attached hydrogen (secondary N) is 4. The third kappa shape index (κ3) is 6.54. The number of carbonyl (C=O) groups is 4. The predicted molar refractivity (Wildman–Crippen MR) is 68.2 cm³/mol. The van der Waals surface area contributed by atoms with Gasteiger partial charge in [0.1, 0.15) is 12.1 Å². The SMILES string of the molecule is C[C@H](N)C(=O)NNC(=O)[C@H](C)NC(=O)N[C@@H](C)C(=O)O. The van der Waals surface area contributed by atoms with Gasteiger partial charge in [-0.25, -0.2) is 4.79 Å². The van der Waals surface area contributed by atoms with Crippen LogP contribution in [0, 0.1) is 0 Å². The van der Waals surface area contributed by atoms with Gasteiger partial charge in [-0.05, 0) is 20.8 Å². The van der Waals surface area contributed by atoms with Crippen LogP contribution >= 0.6 is 0 Å². The summed E-state index contributed by atoms with van der Waals surface area (Å²) in [5.41, 5.74) is 9.40. The fourth-order valence-corrected chi connectivity index (χ4v) is 0.908. The van der Waals surface area contributed by atoms with Gasteiger partial charge in [0, 0.05) is 0 Å². The monoisotopic (exact) mass is 289 g/mol. The molecule has 0 saturated heterocycles. The molecule has 0 saturated carbocycles. The van der Waals surface area contributed by atoms with Gasteiger partial charge in [-0.15, -0.1) is 0 Å². The smallest absolute Gasteiger partial charge is 0.325 e.